The summed E-state index contributed by atoms with van der Waals surface area (Å²) < 4.78 is 5.67. The molecule has 6 heteroatoms. The predicted octanol–water partition coefficient (Wildman–Crippen LogP) is 2.51. The van der Waals surface area contributed by atoms with Crippen molar-refractivity contribution in [3.05, 3.63) is 22.6 Å². The van der Waals surface area contributed by atoms with Crippen LogP contribution in [0, 0.1) is 0 Å². The number of carboxylic acid groups (broad SMARTS) is 1. The van der Waals surface area contributed by atoms with Gasteiger partial charge in [-0.2, -0.15) is 0 Å². The SMILES string of the molecule is CCC1(C(=O)O)CCCN1C(=O)c1ccc(Br)o1. The first-order valence-corrected chi connectivity index (χ1v) is 6.61. The average Bonchev–Trinajstić information content (AvgIpc) is 2.94. The Balaban J connectivity index is 2.32. The minimum Gasteiger partial charge on any atom is -0.479 e. The van der Waals surface area contributed by atoms with Crippen molar-refractivity contribution in [2.75, 3.05) is 6.54 Å². The maximum atomic E-state index is 12.3. The highest BCUT2D eigenvalue weighted by atomic mass is 79.9. The van der Waals surface area contributed by atoms with Gasteiger partial charge in [0.05, 0.1) is 0 Å². The fourth-order valence-electron chi connectivity index (χ4n) is 2.48. The van der Waals surface area contributed by atoms with Crippen molar-refractivity contribution in [3.8, 4) is 0 Å². The van der Waals surface area contributed by atoms with Gasteiger partial charge in [0.25, 0.3) is 5.91 Å². The van der Waals surface area contributed by atoms with Gasteiger partial charge in [0, 0.05) is 6.54 Å². The molecule has 1 aliphatic rings. The molecule has 2 heterocycles. The van der Waals surface area contributed by atoms with Crippen LogP contribution in [-0.4, -0.2) is 34.0 Å². The van der Waals surface area contributed by atoms with E-state index in [1.54, 1.807) is 19.1 Å². The molecule has 0 radical (unpaired) electrons. The average molecular weight is 316 g/mol. The normalized spacial score (nSPS) is 23.3. The number of halogens is 1. The van der Waals surface area contributed by atoms with Crippen molar-refractivity contribution in [2.24, 2.45) is 0 Å². The largest absolute Gasteiger partial charge is 0.479 e. The zero-order valence-electron chi connectivity index (χ0n) is 9.98. The van der Waals surface area contributed by atoms with Crippen LogP contribution in [0.1, 0.15) is 36.7 Å². The molecule has 1 unspecified atom stereocenters. The molecule has 1 aliphatic heterocycles. The molecule has 1 aromatic rings. The second-order valence-corrected chi connectivity index (χ2v) is 5.14. The molecule has 0 aliphatic carbocycles. The van der Waals surface area contributed by atoms with Gasteiger partial charge < -0.3 is 14.4 Å². The number of amides is 1. The van der Waals surface area contributed by atoms with Crippen LogP contribution in [0.4, 0.5) is 0 Å². The number of furan rings is 1. The maximum absolute atomic E-state index is 12.3. The van der Waals surface area contributed by atoms with Crippen LogP contribution in [0.3, 0.4) is 0 Å². The lowest BCUT2D eigenvalue weighted by molar-refractivity contribution is -0.148. The monoisotopic (exact) mass is 315 g/mol. The number of carbonyl (C=O) groups excluding carboxylic acids is 1. The van der Waals surface area contributed by atoms with Crippen molar-refractivity contribution >= 4 is 27.8 Å². The number of hydrogen-bond acceptors (Lipinski definition) is 3. The highest BCUT2D eigenvalue weighted by Gasteiger charge is 2.49. The lowest BCUT2D eigenvalue weighted by atomic mass is 9.93. The van der Waals surface area contributed by atoms with Crippen LogP contribution in [0.2, 0.25) is 0 Å². The molecule has 1 fully saturated rings. The van der Waals surface area contributed by atoms with E-state index in [1.807, 2.05) is 0 Å². The summed E-state index contributed by atoms with van der Waals surface area (Å²) in [5.74, 6) is -1.13. The molecule has 0 saturated carbocycles. The molecule has 0 bridgehead atoms. The number of likely N-dealkylation sites (tertiary alicyclic amines) is 1. The lowest BCUT2D eigenvalue weighted by Gasteiger charge is -2.33. The van der Waals surface area contributed by atoms with Crippen LogP contribution in [0.15, 0.2) is 21.2 Å². The Kier molecular flexibility index (Phi) is 3.47. The molecule has 1 atom stereocenters. The summed E-state index contributed by atoms with van der Waals surface area (Å²) in [7, 11) is 0. The summed E-state index contributed by atoms with van der Waals surface area (Å²) >= 11 is 3.13. The van der Waals surface area contributed by atoms with E-state index in [0.717, 1.165) is 0 Å². The molecule has 1 saturated heterocycles. The third kappa shape index (κ3) is 1.94. The summed E-state index contributed by atoms with van der Waals surface area (Å²) in [5.41, 5.74) is -1.09. The van der Waals surface area contributed by atoms with E-state index in [1.165, 1.54) is 4.90 Å². The predicted molar refractivity (Wildman–Crippen MR) is 67.3 cm³/mol. The molecule has 5 nitrogen and oxygen atoms in total. The zero-order valence-corrected chi connectivity index (χ0v) is 11.6. The summed E-state index contributed by atoms with van der Waals surface area (Å²) in [6.45, 7) is 2.25. The van der Waals surface area contributed by atoms with E-state index in [2.05, 4.69) is 15.9 Å². The topological polar surface area (TPSA) is 70.8 Å². The molecule has 98 valence electrons. The minimum atomic E-state index is -1.09. The summed E-state index contributed by atoms with van der Waals surface area (Å²) in [4.78, 5) is 25.2. The Morgan fingerprint density at radius 1 is 1.56 bits per heavy atom. The Morgan fingerprint density at radius 2 is 2.28 bits per heavy atom. The maximum Gasteiger partial charge on any atom is 0.329 e. The number of hydrogen-bond donors (Lipinski definition) is 1. The van der Waals surface area contributed by atoms with Gasteiger partial charge in [0.1, 0.15) is 5.54 Å². The van der Waals surface area contributed by atoms with Gasteiger partial charge in [-0.05, 0) is 47.3 Å². The lowest BCUT2D eigenvalue weighted by Crippen LogP contribution is -2.52. The summed E-state index contributed by atoms with van der Waals surface area (Å²) in [6.07, 6.45) is 1.59. The molecule has 18 heavy (non-hydrogen) atoms. The van der Waals surface area contributed by atoms with Gasteiger partial charge in [0.2, 0.25) is 0 Å². The molecule has 1 aromatic heterocycles. The highest BCUT2D eigenvalue weighted by molar-refractivity contribution is 9.10. The van der Waals surface area contributed by atoms with E-state index >= 15 is 0 Å². The van der Waals surface area contributed by atoms with Crippen LogP contribution < -0.4 is 0 Å². The third-order valence-electron chi connectivity index (χ3n) is 3.50. The Bertz CT molecular complexity index is 484. The molecule has 0 spiro atoms. The fourth-order valence-corrected chi connectivity index (χ4v) is 2.78. The number of carboxylic acids is 1. The smallest absolute Gasteiger partial charge is 0.329 e. The number of carbonyl (C=O) groups is 2. The van der Waals surface area contributed by atoms with Gasteiger partial charge in [0.15, 0.2) is 10.4 Å². The summed E-state index contributed by atoms with van der Waals surface area (Å²) in [6, 6.07) is 3.17. The second-order valence-electron chi connectivity index (χ2n) is 4.35. The van der Waals surface area contributed by atoms with Crippen molar-refractivity contribution in [3.63, 3.8) is 0 Å². The molecule has 1 amide bonds. The highest BCUT2D eigenvalue weighted by Crippen LogP contribution is 2.34. The molecular weight excluding hydrogens is 302 g/mol. The van der Waals surface area contributed by atoms with Crippen LogP contribution in [0.25, 0.3) is 0 Å². The van der Waals surface area contributed by atoms with Crippen molar-refractivity contribution in [1.29, 1.82) is 0 Å². The third-order valence-corrected chi connectivity index (χ3v) is 3.93. The first-order valence-electron chi connectivity index (χ1n) is 5.82. The van der Waals surface area contributed by atoms with Gasteiger partial charge >= 0.3 is 5.97 Å². The van der Waals surface area contributed by atoms with Gasteiger partial charge in [-0.25, -0.2) is 4.79 Å². The van der Waals surface area contributed by atoms with Gasteiger partial charge in [-0.3, -0.25) is 4.79 Å². The number of aliphatic carboxylic acids is 1. The van der Waals surface area contributed by atoms with Crippen LogP contribution >= 0.6 is 15.9 Å². The van der Waals surface area contributed by atoms with Gasteiger partial charge in [-0.15, -0.1) is 0 Å². The molecular formula is C12H14BrNO4. The van der Waals surface area contributed by atoms with Crippen LogP contribution in [0.5, 0.6) is 0 Å². The molecule has 2 rings (SSSR count). The van der Waals surface area contributed by atoms with Gasteiger partial charge in [-0.1, -0.05) is 6.92 Å². The molecule has 1 N–H and O–H groups in total. The van der Waals surface area contributed by atoms with E-state index in [9.17, 15) is 14.7 Å². The first-order chi connectivity index (χ1) is 8.51. The first kappa shape index (κ1) is 13.1. The fraction of sp³-hybridized carbons (Fsp3) is 0.500. The van der Waals surface area contributed by atoms with Crippen molar-refractivity contribution in [1.82, 2.24) is 4.90 Å². The second kappa shape index (κ2) is 4.76. The zero-order chi connectivity index (χ0) is 13.3. The van der Waals surface area contributed by atoms with E-state index < -0.39 is 11.5 Å². The van der Waals surface area contributed by atoms with E-state index in [0.29, 0.717) is 30.5 Å². The van der Waals surface area contributed by atoms with Crippen molar-refractivity contribution < 1.29 is 19.1 Å². The quantitative estimate of drug-likeness (QED) is 0.930. The molecule has 0 aromatic carbocycles. The number of nitrogens with zero attached hydrogens (tertiary/aromatic N) is 1. The Labute approximate surface area is 113 Å². The minimum absolute atomic E-state index is 0.169. The number of rotatable bonds is 3. The summed E-state index contributed by atoms with van der Waals surface area (Å²) in [5, 5.41) is 9.40. The van der Waals surface area contributed by atoms with E-state index in [4.69, 9.17) is 4.42 Å². The Morgan fingerprint density at radius 3 is 2.78 bits per heavy atom. The van der Waals surface area contributed by atoms with E-state index in [-0.39, 0.29) is 11.7 Å². The van der Waals surface area contributed by atoms with Crippen LogP contribution in [-0.2, 0) is 4.79 Å². The van der Waals surface area contributed by atoms with Crippen molar-refractivity contribution in [2.45, 2.75) is 31.7 Å². The Hall–Kier alpha value is -1.30. The standard InChI is InChI=1S/C12H14BrNO4/c1-2-12(11(16)17)6-3-7-14(12)10(15)8-4-5-9(13)18-8/h4-5H,2-3,6-7H2,1H3,(H,16,17).